The van der Waals surface area contributed by atoms with Crippen molar-refractivity contribution in [2.45, 2.75) is 29.5 Å². The molecule has 1 saturated carbocycles. The van der Waals surface area contributed by atoms with Crippen LogP contribution in [0.1, 0.15) is 19.3 Å². The van der Waals surface area contributed by atoms with E-state index in [9.17, 15) is 0 Å². The normalized spacial score (nSPS) is 51.8. The summed E-state index contributed by atoms with van der Waals surface area (Å²) >= 11 is 12.3. The third-order valence-corrected chi connectivity index (χ3v) is 3.83. The number of fused-ring (bicyclic) bond motifs is 2. The highest BCUT2D eigenvalue weighted by molar-refractivity contribution is 6.33. The van der Waals surface area contributed by atoms with E-state index < -0.39 is 0 Å². The molecule has 10 heavy (non-hydrogen) atoms. The van der Waals surface area contributed by atoms with E-state index in [0.717, 1.165) is 12.8 Å². The van der Waals surface area contributed by atoms with Gasteiger partial charge in [0.05, 0.1) is 10.3 Å². The van der Waals surface area contributed by atoms with Crippen molar-refractivity contribution in [2.24, 2.45) is 5.92 Å². The van der Waals surface area contributed by atoms with Crippen LogP contribution in [0.2, 0.25) is 0 Å². The molecule has 0 aromatic carbocycles. The molecule has 3 atom stereocenters. The lowest BCUT2D eigenvalue weighted by Crippen LogP contribution is -2.40. The van der Waals surface area contributed by atoms with Crippen molar-refractivity contribution in [3.05, 3.63) is 12.2 Å². The molecule has 0 heterocycles. The summed E-state index contributed by atoms with van der Waals surface area (Å²) in [6.45, 7) is 0. The highest BCUT2D eigenvalue weighted by Gasteiger charge is 2.41. The first-order chi connectivity index (χ1) is 4.71. The van der Waals surface area contributed by atoms with E-state index in [1.165, 1.54) is 6.42 Å². The Balaban J connectivity index is 2.31. The third-order valence-electron chi connectivity index (χ3n) is 2.57. The number of allylic oxidation sites excluding steroid dienone is 2. The SMILES string of the molecule is ClC1CC2C=CC1(Cl)CC2. The third kappa shape index (κ3) is 0.895. The Morgan fingerprint density at radius 3 is 2.60 bits per heavy atom. The summed E-state index contributed by atoms with van der Waals surface area (Å²) in [6, 6.07) is 0. The van der Waals surface area contributed by atoms with Gasteiger partial charge in [0.1, 0.15) is 0 Å². The summed E-state index contributed by atoms with van der Waals surface area (Å²) in [7, 11) is 0. The van der Waals surface area contributed by atoms with Crippen molar-refractivity contribution in [3.63, 3.8) is 0 Å². The van der Waals surface area contributed by atoms with Crippen LogP contribution < -0.4 is 0 Å². The van der Waals surface area contributed by atoms with Crippen LogP contribution in [0.15, 0.2) is 12.2 Å². The van der Waals surface area contributed by atoms with Crippen molar-refractivity contribution >= 4 is 23.2 Å². The Bertz CT molecular complexity index is 176. The quantitative estimate of drug-likeness (QED) is 0.394. The standard InChI is InChI=1S/C8H10Cl2/c9-7-5-6-1-3-8(7,10)4-2-6/h1,3,6-7H,2,4-5H2. The van der Waals surface area contributed by atoms with Crippen LogP contribution in [0.25, 0.3) is 0 Å². The molecule has 0 radical (unpaired) electrons. The molecule has 3 unspecified atom stereocenters. The van der Waals surface area contributed by atoms with Gasteiger partial charge in [-0.25, -0.2) is 0 Å². The molecule has 3 rings (SSSR count). The van der Waals surface area contributed by atoms with Gasteiger partial charge in [-0.2, -0.15) is 0 Å². The van der Waals surface area contributed by atoms with Crippen LogP contribution >= 0.6 is 23.2 Å². The van der Waals surface area contributed by atoms with Gasteiger partial charge in [0.2, 0.25) is 0 Å². The molecule has 2 heteroatoms. The minimum atomic E-state index is -0.198. The minimum Gasteiger partial charge on any atom is -0.121 e. The van der Waals surface area contributed by atoms with Crippen LogP contribution in [-0.4, -0.2) is 10.3 Å². The molecule has 0 nitrogen and oxygen atoms in total. The first-order valence-corrected chi connectivity index (χ1v) is 4.54. The van der Waals surface area contributed by atoms with Gasteiger partial charge in [-0.1, -0.05) is 12.2 Å². The summed E-state index contributed by atoms with van der Waals surface area (Å²) in [5, 5.41) is 0.165. The minimum absolute atomic E-state index is 0.165. The van der Waals surface area contributed by atoms with Gasteiger partial charge >= 0.3 is 0 Å². The van der Waals surface area contributed by atoms with E-state index in [0.29, 0.717) is 5.92 Å². The largest absolute Gasteiger partial charge is 0.121 e. The van der Waals surface area contributed by atoms with Crippen LogP contribution in [0.3, 0.4) is 0 Å². The maximum Gasteiger partial charge on any atom is 0.0789 e. The molecular formula is C8H10Cl2. The topological polar surface area (TPSA) is 0 Å². The highest BCUT2D eigenvalue weighted by Crippen LogP contribution is 2.46. The lowest BCUT2D eigenvalue weighted by molar-refractivity contribution is 0.356. The zero-order valence-electron chi connectivity index (χ0n) is 5.69. The van der Waals surface area contributed by atoms with Gasteiger partial charge in [0.15, 0.2) is 0 Å². The van der Waals surface area contributed by atoms with Crippen LogP contribution in [0.5, 0.6) is 0 Å². The van der Waals surface area contributed by atoms with Crippen molar-refractivity contribution in [1.82, 2.24) is 0 Å². The van der Waals surface area contributed by atoms with Gasteiger partial charge in [0.25, 0.3) is 0 Å². The fourth-order valence-corrected chi connectivity index (χ4v) is 2.48. The molecule has 0 aromatic rings. The monoisotopic (exact) mass is 176 g/mol. The van der Waals surface area contributed by atoms with Gasteiger partial charge in [-0.3, -0.25) is 0 Å². The molecule has 56 valence electrons. The number of alkyl halides is 2. The Morgan fingerprint density at radius 2 is 2.30 bits per heavy atom. The first kappa shape index (κ1) is 7.00. The molecule has 0 spiro atoms. The van der Waals surface area contributed by atoms with E-state index in [2.05, 4.69) is 12.2 Å². The first-order valence-electron chi connectivity index (χ1n) is 3.73. The Labute approximate surface area is 71.2 Å². The van der Waals surface area contributed by atoms with Gasteiger partial charge in [-0.05, 0) is 25.2 Å². The zero-order valence-corrected chi connectivity index (χ0v) is 7.20. The van der Waals surface area contributed by atoms with Crippen molar-refractivity contribution in [1.29, 1.82) is 0 Å². The molecule has 2 bridgehead atoms. The van der Waals surface area contributed by atoms with Crippen LogP contribution in [0.4, 0.5) is 0 Å². The van der Waals surface area contributed by atoms with Gasteiger partial charge in [-0.15, -0.1) is 23.2 Å². The summed E-state index contributed by atoms with van der Waals surface area (Å²) in [6.07, 6.45) is 7.66. The molecule has 0 N–H and O–H groups in total. The molecule has 1 fully saturated rings. The Hall–Kier alpha value is 0.320. The van der Waals surface area contributed by atoms with E-state index in [1.54, 1.807) is 0 Å². The fraction of sp³-hybridized carbons (Fsp3) is 0.750. The second kappa shape index (κ2) is 2.15. The van der Waals surface area contributed by atoms with Crippen LogP contribution in [-0.2, 0) is 0 Å². The van der Waals surface area contributed by atoms with E-state index in [4.69, 9.17) is 23.2 Å². The lowest BCUT2D eigenvalue weighted by Gasteiger charge is -2.41. The average molecular weight is 177 g/mol. The fourth-order valence-electron chi connectivity index (χ4n) is 1.80. The number of hydrogen-bond donors (Lipinski definition) is 0. The maximum absolute atomic E-state index is 6.23. The molecule has 0 amide bonds. The van der Waals surface area contributed by atoms with E-state index in [-0.39, 0.29) is 10.3 Å². The predicted octanol–water partition coefficient (Wildman–Crippen LogP) is 2.94. The number of rotatable bonds is 0. The molecule has 0 saturated heterocycles. The molecule has 0 aliphatic heterocycles. The summed E-state index contributed by atoms with van der Waals surface area (Å²) < 4.78 is 0. The van der Waals surface area contributed by atoms with E-state index >= 15 is 0 Å². The smallest absolute Gasteiger partial charge is 0.0789 e. The lowest BCUT2D eigenvalue weighted by atomic mass is 9.75. The number of halogens is 2. The molecule has 3 aliphatic carbocycles. The molecular weight excluding hydrogens is 167 g/mol. The van der Waals surface area contributed by atoms with E-state index in [1.807, 2.05) is 0 Å². The second-order valence-electron chi connectivity index (χ2n) is 3.29. The summed E-state index contributed by atoms with van der Waals surface area (Å²) in [5.41, 5.74) is 0. The van der Waals surface area contributed by atoms with Crippen LogP contribution in [0, 0.1) is 5.92 Å². The average Bonchev–Trinajstić information content (AvgIpc) is 1.92. The molecule has 3 aliphatic rings. The van der Waals surface area contributed by atoms with Crippen molar-refractivity contribution in [2.75, 3.05) is 0 Å². The predicted molar refractivity (Wildman–Crippen MR) is 44.7 cm³/mol. The zero-order chi connectivity index (χ0) is 7.19. The van der Waals surface area contributed by atoms with Crippen molar-refractivity contribution in [3.8, 4) is 0 Å². The second-order valence-corrected chi connectivity index (χ2v) is 4.52. The number of hydrogen-bond acceptors (Lipinski definition) is 0. The highest BCUT2D eigenvalue weighted by atomic mass is 35.5. The van der Waals surface area contributed by atoms with Gasteiger partial charge < -0.3 is 0 Å². The Morgan fingerprint density at radius 1 is 1.50 bits per heavy atom. The Kier molecular flexibility index (Phi) is 1.50. The molecule has 0 aromatic heterocycles. The maximum atomic E-state index is 6.23. The summed E-state index contributed by atoms with van der Waals surface area (Å²) in [5.74, 6) is 0.711. The van der Waals surface area contributed by atoms with Crippen molar-refractivity contribution < 1.29 is 0 Å². The summed E-state index contributed by atoms with van der Waals surface area (Å²) in [4.78, 5) is -0.198. The van der Waals surface area contributed by atoms with Gasteiger partial charge in [0, 0.05) is 0 Å².